The molecule has 1 aromatic carbocycles. The lowest BCUT2D eigenvalue weighted by atomic mass is 10.1. The summed E-state index contributed by atoms with van der Waals surface area (Å²) in [6, 6.07) is 3.30. The predicted molar refractivity (Wildman–Crippen MR) is 58.5 cm³/mol. The normalized spacial score (nSPS) is 10.6. The fourth-order valence-electron chi connectivity index (χ4n) is 1.69. The minimum Gasteiger partial charge on any atom is -0.545 e. The summed E-state index contributed by atoms with van der Waals surface area (Å²) >= 11 is 0. The van der Waals surface area contributed by atoms with Gasteiger partial charge < -0.3 is 19.6 Å². The Kier molecular flexibility index (Phi) is 3.01. The van der Waals surface area contributed by atoms with Crippen molar-refractivity contribution in [3.8, 4) is 0 Å². The van der Waals surface area contributed by atoms with E-state index in [1.54, 1.807) is 6.92 Å². The third-order valence-corrected chi connectivity index (χ3v) is 2.41. The lowest BCUT2D eigenvalue weighted by molar-refractivity contribution is -0.254. The fourth-order valence-corrected chi connectivity index (χ4v) is 1.69. The molecular formula is C12H9FNO4-. The van der Waals surface area contributed by atoms with E-state index < -0.39 is 17.8 Å². The number of aromatic nitrogens is 1. The van der Waals surface area contributed by atoms with Crippen LogP contribution in [0.4, 0.5) is 4.39 Å². The van der Waals surface area contributed by atoms with Gasteiger partial charge in [0, 0.05) is 10.9 Å². The van der Waals surface area contributed by atoms with E-state index in [-0.39, 0.29) is 28.8 Å². The summed E-state index contributed by atoms with van der Waals surface area (Å²) in [5, 5.41) is 11.1. The summed E-state index contributed by atoms with van der Waals surface area (Å²) in [5.41, 5.74) is -0.125. The molecule has 0 radical (unpaired) electrons. The molecular weight excluding hydrogens is 241 g/mol. The number of aromatic amines is 1. The zero-order valence-electron chi connectivity index (χ0n) is 9.45. The molecule has 0 aliphatic carbocycles. The first-order chi connectivity index (χ1) is 8.52. The molecule has 1 heterocycles. The standard InChI is InChI=1S/C12H10FNO4/c1-2-18-12(17)9-4-6-3-7(13)5-8(11(15)16)10(6)14-9/h3-5,14H,2H2,1H3,(H,15,16)/p-1. The highest BCUT2D eigenvalue weighted by molar-refractivity contribution is 6.04. The molecule has 0 spiro atoms. The van der Waals surface area contributed by atoms with Gasteiger partial charge in [0.1, 0.15) is 11.5 Å². The molecule has 94 valence electrons. The minimum atomic E-state index is -1.52. The Hall–Kier alpha value is -2.37. The van der Waals surface area contributed by atoms with Crippen LogP contribution in [0.3, 0.4) is 0 Å². The number of nitrogens with one attached hydrogen (secondary N) is 1. The molecule has 0 saturated heterocycles. The topological polar surface area (TPSA) is 82.2 Å². The Morgan fingerprint density at radius 2 is 2.11 bits per heavy atom. The van der Waals surface area contributed by atoms with Crippen LogP contribution in [-0.2, 0) is 4.74 Å². The highest BCUT2D eigenvalue weighted by Gasteiger charge is 2.14. The summed E-state index contributed by atoms with van der Waals surface area (Å²) in [5.74, 6) is -2.86. The van der Waals surface area contributed by atoms with E-state index in [1.807, 2.05) is 0 Å². The Labute approximate surface area is 101 Å². The largest absolute Gasteiger partial charge is 0.545 e. The quantitative estimate of drug-likeness (QED) is 0.818. The van der Waals surface area contributed by atoms with Crippen LogP contribution < -0.4 is 5.11 Å². The number of H-pyrrole nitrogens is 1. The van der Waals surface area contributed by atoms with Crippen LogP contribution >= 0.6 is 0 Å². The molecule has 0 bridgehead atoms. The van der Waals surface area contributed by atoms with Gasteiger partial charge in [-0.15, -0.1) is 0 Å². The van der Waals surface area contributed by atoms with Crippen LogP contribution in [0.15, 0.2) is 18.2 Å². The average molecular weight is 250 g/mol. The second-order valence-corrected chi connectivity index (χ2v) is 3.61. The van der Waals surface area contributed by atoms with Crippen LogP contribution in [0.25, 0.3) is 10.9 Å². The van der Waals surface area contributed by atoms with Crippen molar-refractivity contribution >= 4 is 22.8 Å². The number of hydrogen-bond donors (Lipinski definition) is 1. The van der Waals surface area contributed by atoms with E-state index in [0.717, 1.165) is 12.1 Å². The Balaban J connectivity index is 2.60. The first kappa shape index (κ1) is 12.1. The number of rotatable bonds is 3. The summed E-state index contributed by atoms with van der Waals surface area (Å²) < 4.78 is 18.0. The molecule has 2 rings (SSSR count). The molecule has 0 fully saturated rings. The smallest absolute Gasteiger partial charge is 0.354 e. The maximum atomic E-state index is 13.2. The Morgan fingerprint density at radius 1 is 1.39 bits per heavy atom. The van der Waals surface area contributed by atoms with Gasteiger partial charge in [-0.25, -0.2) is 9.18 Å². The third kappa shape index (κ3) is 2.04. The van der Waals surface area contributed by atoms with Gasteiger partial charge in [0.25, 0.3) is 0 Å². The van der Waals surface area contributed by atoms with Crippen LogP contribution in [0, 0.1) is 5.82 Å². The second-order valence-electron chi connectivity index (χ2n) is 3.61. The van der Waals surface area contributed by atoms with Crippen molar-refractivity contribution in [3.05, 3.63) is 35.3 Å². The molecule has 0 saturated carbocycles. The molecule has 0 atom stereocenters. The van der Waals surface area contributed by atoms with Crippen LogP contribution in [0.5, 0.6) is 0 Å². The monoisotopic (exact) mass is 250 g/mol. The van der Waals surface area contributed by atoms with Crippen molar-refractivity contribution in [2.75, 3.05) is 6.61 Å². The minimum absolute atomic E-state index is 0.0694. The third-order valence-electron chi connectivity index (χ3n) is 2.41. The van der Waals surface area contributed by atoms with Crippen molar-refractivity contribution in [1.82, 2.24) is 4.98 Å². The van der Waals surface area contributed by atoms with Crippen molar-refractivity contribution in [1.29, 1.82) is 0 Å². The second kappa shape index (κ2) is 4.48. The number of ether oxygens (including phenoxy) is 1. The number of benzene rings is 1. The molecule has 0 unspecified atom stereocenters. The van der Waals surface area contributed by atoms with Gasteiger partial charge in [-0.3, -0.25) is 0 Å². The highest BCUT2D eigenvalue weighted by Crippen LogP contribution is 2.21. The first-order valence-corrected chi connectivity index (χ1v) is 5.23. The number of carboxylic acids is 1. The van der Waals surface area contributed by atoms with Crippen molar-refractivity contribution in [2.24, 2.45) is 0 Å². The molecule has 5 nitrogen and oxygen atoms in total. The maximum absolute atomic E-state index is 13.2. The van der Waals surface area contributed by atoms with Gasteiger partial charge >= 0.3 is 5.97 Å². The summed E-state index contributed by atoms with van der Waals surface area (Å²) in [4.78, 5) is 24.9. The SMILES string of the molecule is CCOC(=O)c1cc2cc(F)cc(C(=O)[O-])c2[nH]1. The summed E-state index contributed by atoms with van der Waals surface area (Å²) in [6.07, 6.45) is 0. The number of fused-ring (bicyclic) bond motifs is 1. The summed E-state index contributed by atoms with van der Waals surface area (Å²) in [7, 11) is 0. The van der Waals surface area contributed by atoms with Crippen LogP contribution in [0.2, 0.25) is 0 Å². The molecule has 6 heteroatoms. The van der Waals surface area contributed by atoms with Gasteiger partial charge in [0.15, 0.2) is 0 Å². The maximum Gasteiger partial charge on any atom is 0.354 e. The van der Waals surface area contributed by atoms with Gasteiger partial charge in [0.2, 0.25) is 0 Å². The van der Waals surface area contributed by atoms with Crippen LogP contribution in [0.1, 0.15) is 27.8 Å². The van der Waals surface area contributed by atoms with E-state index >= 15 is 0 Å². The molecule has 2 aromatic rings. The van der Waals surface area contributed by atoms with Crippen LogP contribution in [-0.4, -0.2) is 23.5 Å². The number of carboxylic acid groups (broad SMARTS) is 1. The van der Waals surface area contributed by atoms with Crippen molar-refractivity contribution in [2.45, 2.75) is 6.92 Å². The van der Waals surface area contributed by atoms with Crippen molar-refractivity contribution in [3.63, 3.8) is 0 Å². The molecule has 0 aliphatic rings. The predicted octanol–water partition coefficient (Wildman–Crippen LogP) is 0.847. The Bertz CT molecular complexity index is 632. The Morgan fingerprint density at radius 3 is 2.72 bits per heavy atom. The molecule has 1 N–H and O–H groups in total. The number of aromatic carboxylic acids is 1. The first-order valence-electron chi connectivity index (χ1n) is 5.23. The van der Waals surface area contributed by atoms with E-state index in [9.17, 15) is 19.1 Å². The molecule has 1 aromatic heterocycles. The van der Waals surface area contributed by atoms with E-state index in [1.165, 1.54) is 6.07 Å². The number of halogens is 1. The average Bonchev–Trinajstić information content (AvgIpc) is 2.71. The van der Waals surface area contributed by atoms with E-state index in [4.69, 9.17) is 4.74 Å². The summed E-state index contributed by atoms with van der Waals surface area (Å²) in [6.45, 7) is 1.84. The number of carbonyl (C=O) groups is 2. The molecule has 0 amide bonds. The number of esters is 1. The number of hydrogen-bond acceptors (Lipinski definition) is 4. The lowest BCUT2D eigenvalue weighted by Gasteiger charge is -2.04. The number of carbonyl (C=O) groups excluding carboxylic acids is 2. The molecule has 18 heavy (non-hydrogen) atoms. The van der Waals surface area contributed by atoms with Gasteiger partial charge in [-0.2, -0.15) is 0 Å². The van der Waals surface area contributed by atoms with E-state index in [2.05, 4.69) is 4.98 Å². The molecule has 0 aliphatic heterocycles. The van der Waals surface area contributed by atoms with Gasteiger partial charge in [-0.1, -0.05) is 0 Å². The van der Waals surface area contributed by atoms with Gasteiger partial charge in [0.05, 0.1) is 18.1 Å². The fraction of sp³-hybridized carbons (Fsp3) is 0.167. The van der Waals surface area contributed by atoms with Crippen molar-refractivity contribution < 1.29 is 23.8 Å². The zero-order chi connectivity index (χ0) is 13.3. The highest BCUT2D eigenvalue weighted by atomic mass is 19.1. The lowest BCUT2D eigenvalue weighted by Crippen LogP contribution is -2.22. The van der Waals surface area contributed by atoms with E-state index in [0.29, 0.717) is 0 Å². The zero-order valence-corrected chi connectivity index (χ0v) is 9.45. The van der Waals surface area contributed by atoms with Gasteiger partial charge in [-0.05, 0) is 25.1 Å².